The molecule has 0 bridgehead atoms. The molecule has 7 nitrogen and oxygen atoms in total. The molecule has 1 aliphatic rings. The Bertz CT molecular complexity index is 1540. The third kappa shape index (κ3) is 2.75. The summed E-state index contributed by atoms with van der Waals surface area (Å²) in [5, 5.41) is 0. The van der Waals surface area contributed by atoms with Crippen LogP contribution in [-0.2, 0) is 0 Å². The first-order valence-electron chi connectivity index (χ1n) is 9.61. The lowest BCUT2D eigenvalue weighted by atomic mass is 10.00. The molecule has 0 spiro atoms. The predicted molar refractivity (Wildman–Crippen MR) is 112 cm³/mol. The number of nitrogens with zero attached hydrogens (tertiary/aromatic N) is 5. The molecule has 0 fully saturated rings. The Morgan fingerprint density at radius 3 is 2.97 bits per heavy atom. The van der Waals surface area contributed by atoms with Gasteiger partial charge in [0, 0.05) is 18.1 Å². The summed E-state index contributed by atoms with van der Waals surface area (Å²) in [6.07, 6.45) is 3.78. The van der Waals surface area contributed by atoms with E-state index in [0.29, 0.717) is 51.5 Å². The molecule has 0 aliphatic carbocycles. The normalized spacial score (nSPS) is 15.9. The van der Waals surface area contributed by atoms with Crippen LogP contribution in [0.5, 0.6) is 5.75 Å². The Morgan fingerprint density at radius 2 is 2.06 bits per heavy atom. The van der Waals surface area contributed by atoms with Gasteiger partial charge in [0.05, 0.1) is 29.9 Å². The summed E-state index contributed by atoms with van der Waals surface area (Å²) in [4.78, 5) is 16.5. The molecule has 31 heavy (non-hydrogen) atoms. The van der Waals surface area contributed by atoms with E-state index in [1.807, 2.05) is 10.6 Å². The number of hydrogen-bond donors (Lipinski definition) is 1. The van der Waals surface area contributed by atoms with E-state index in [0.717, 1.165) is 0 Å². The molecule has 0 amide bonds. The number of aromatic nitrogens is 6. The molecule has 4 heterocycles. The van der Waals surface area contributed by atoms with Gasteiger partial charge in [-0.15, -0.1) is 0 Å². The monoisotopic (exact) mass is 436 g/mol. The van der Waals surface area contributed by atoms with Crippen LogP contribution in [0, 0.1) is 16.4 Å². The number of halogens is 2. The van der Waals surface area contributed by atoms with Crippen LogP contribution in [0.1, 0.15) is 18.0 Å². The van der Waals surface area contributed by atoms with Crippen molar-refractivity contribution < 1.29 is 13.5 Å². The van der Waals surface area contributed by atoms with Crippen molar-refractivity contribution in [1.82, 2.24) is 29.1 Å². The second kappa shape index (κ2) is 6.67. The summed E-state index contributed by atoms with van der Waals surface area (Å²) in [6.45, 7) is 0.358. The van der Waals surface area contributed by atoms with Gasteiger partial charge in [0.25, 0.3) is 0 Å². The van der Waals surface area contributed by atoms with Crippen molar-refractivity contribution in [2.45, 2.75) is 12.5 Å². The van der Waals surface area contributed by atoms with Crippen molar-refractivity contribution in [3.63, 3.8) is 0 Å². The number of para-hydroxylation sites is 1. The lowest BCUT2D eigenvalue weighted by Gasteiger charge is -2.27. The van der Waals surface area contributed by atoms with E-state index < -0.39 is 5.82 Å². The zero-order chi connectivity index (χ0) is 21.1. The van der Waals surface area contributed by atoms with Gasteiger partial charge >= 0.3 is 0 Å². The van der Waals surface area contributed by atoms with Crippen LogP contribution in [0.15, 0.2) is 48.9 Å². The molecule has 1 N–H and O–H groups in total. The minimum absolute atomic E-state index is 0.236. The summed E-state index contributed by atoms with van der Waals surface area (Å²) in [7, 11) is 0. The number of H-pyrrole nitrogens is 1. The summed E-state index contributed by atoms with van der Waals surface area (Å²) in [5.41, 5.74) is 3.10. The Balaban J connectivity index is 1.56. The molecule has 1 aliphatic heterocycles. The summed E-state index contributed by atoms with van der Waals surface area (Å²) in [5.74, 6) is -0.216. The maximum absolute atomic E-state index is 14.3. The molecule has 0 saturated heterocycles. The van der Waals surface area contributed by atoms with Crippen LogP contribution < -0.4 is 4.74 Å². The fourth-order valence-corrected chi connectivity index (χ4v) is 4.41. The summed E-state index contributed by atoms with van der Waals surface area (Å²) < 4.78 is 37.6. The molecule has 3 aromatic heterocycles. The van der Waals surface area contributed by atoms with E-state index in [9.17, 15) is 8.78 Å². The van der Waals surface area contributed by atoms with Gasteiger partial charge in [-0.05, 0) is 30.4 Å². The fraction of sp³-hybridized carbons (Fsp3) is 0.143. The topological polar surface area (TPSA) is 73.5 Å². The Hall–Kier alpha value is -3.66. The quantitative estimate of drug-likeness (QED) is 0.413. The molecule has 1 atom stereocenters. The molecule has 10 heteroatoms. The first kappa shape index (κ1) is 18.1. The second-order valence-electron chi connectivity index (χ2n) is 7.27. The van der Waals surface area contributed by atoms with Crippen LogP contribution in [0.4, 0.5) is 8.78 Å². The number of fused-ring (bicyclic) bond motifs is 3. The molecular formula is C21H14F2N6OS. The highest BCUT2D eigenvalue weighted by Gasteiger charge is 2.28. The molecule has 1 unspecified atom stereocenters. The standard InChI is InChI=1S/C21H14F2N6OS/c22-11-4-5-14-17(8-11)28(10-25-14)20-24-9-15-19(27-20)29(21(31)26-15)16-6-7-30-18-12(16)2-1-3-13(18)23/h1-5,8-10,16H,6-7H2,(H,26,31). The number of rotatable bonds is 2. The molecular weight excluding hydrogens is 422 g/mol. The molecule has 2 aromatic carbocycles. The van der Waals surface area contributed by atoms with Crippen molar-refractivity contribution in [3.05, 3.63) is 70.9 Å². The number of benzene rings is 2. The lowest BCUT2D eigenvalue weighted by Crippen LogP contribution is -2.21. The third-order valence-corrected chi connectivity index (χ3v) is 5.77. The first-order chi connectivity index (χ1) is 15.1. The van der Waals surface area contributed by atoms with E-state index in [-0.39, 0.29) is 17.6 Å². The SMILES string of the molecule is Fc1ccc2ncn(-c3ncc4[nH]c(=S)n(C5CCOc6c(F)cccc65)c4n3)c2c1. The number of hydrogen-bond acceptors (Lipinski definition) is 5. The number of nitrogens with one attached hydrogen (secondary N) is 1. The summed E-state index contributed by atoms with van der Waals surface area (Å²) >= 11 is 5.57. The van der Waals surface area contributed by atoms with E-state index in [2.05, 4.69) is 15.0 Å². The van der Waals surface area contributed by atoms with Gasteiger partial charge in [-0.3, -0.25) is 9.13 Å². The highest BCUT2D eigenvalue weighted by molar-refractivity contribution is 7.71. The van der Waals surface area contributed by atoms with Crippen molar-refractivity contribution >= 4 is 34.4 Å². The van der Waals surface area contributed by atoms with E-state index in [4.69, 9.17) is 21.9 Å². The van der Waals surface area contributed by atoms with Gasteiger partial charge in [-0.1, -0.05) is 12.1 Å². The fourth-order valence-electron chi connectivity index (χ4n) is 4.09. The lowest BCUT2D eigenvalue weighted by molar-refractivity contribution is 0.244. The van der Waals surface area contributed by atoms with E-state index >= 15 is 0 Å². The van der Waals surface area contributed by atoms with Crippen LogP contribution in [0.3, 0.4) is 0 Å². The van der Waals surface area contributed by atoms with Gasteiger partial charge in [-0.25, -0.2) is 18.7 Å². The number of aromatic amines is 1. The number of imidazole rings is 2. The van der Waals surface area contributed by atoms with Gasteiger partial charge in [0.15, 0.2) is 22.0 Å². The van der Waals surface area contributed by atoms with Crippen molar-refractivity contribution in [3.8, 4) is 11.7 Å². The smallest absolute Gasteiger partial charge is 0.237 e. The Morgan fingerprint density at radius 1 is 1.16 bits per heavy atom. The van der Waals surface area contributed by atoms with Crippen molar-refractivity contribution in [2.24, 2.45) is 0 Å². The van der Waals surface area contributed by atoms with Crippen molar-refractivity contribution in [2.75, 3.05) is 6.61 Å². The molecule has 0 radical (unpaired) electrons. The number of ether oxygens (including phenoxy) is 1. The summed E-state index contributed by atoms with van der Waals surface area (Å²) in [6, 6.07) is 8.95. The van der Waals surface area contributed by atoms with Gasteiger partial charge in [-0.2, -0.15) is 4.98 Å². The zero-order valence-corrected chi connectivity index (χ0v) is 16.7. The Labute approximate surface area is 179 Å². The maximum atomic E-state index is 14.3. The highest BCUT2D eigenvalue weighted by Crippen LogP contribution is 2.38. The third-order valence-electron chi connectivity index (χ3n) is 5.48. The van der Waals surface area contributed by atoms with E-state index in [1.165, 1.54) is 18.2 Å². The molecule has 5 aromatic rings. The second-order valence-corrected chi connectivity index (χ2v) is 7.65. The van der Waals surface area contributed by atoms with Gasteiger partial charge in [0.1, 0.15) is 17.7 Å². The first-order valence-corrected chi connectivity index (χ1v) is 10.0. The van der Waals surface area contributed by atoms with Crippen LogP contribution in [-0.4, -0.2) is 35.7 Å². The van der Waals surface area contributed by atoms with Crippen LogP contribution in [0.2, 0.25) is 0 Å². The van der Waals surface area contributed by atoms with Gasteiger partial charge < -0.3 is 9.72 Å². The van der Waals surface area contributed by atoms with Crippen molar-refractivity contribution in [1.29, 1.82) is 0 Å². The largest absolute Gasteiger partial charge is 0.490 e. The molecule has 6 rings (SSSR count). The molecule has 0 saturated carbocycles. The highest BCUT2D eigenvalue weighted by atomic mass is 32.1. The minimum Gasteiger partial charge on any atom is -0.490 e. The average Bonchev–Trinajstić information content (AvgIpc) is 3.33. The minimum atomic E-state index is -0.407. The van der Waals surface area contributed by atoms with E-state index in [1.54, 1.807) is 29.2 Å². The Kier molecular flexibility index (Phi) is 3.90. The van der Waals surface area contributed by atoms with Crippen LogP contribution >= 0.6 is 12.2 Å². The maximum Gasteiger partial charge on any atom is 0.237 e. The molecule has 154 valence electrons. The predicted octanol–water partition coefficient (Wildman–Crippen LogP) is 4.48. The van der Waals surface area contributed by atoms with Gasteiger partial charge in [0.2, 0.25) is 5.95 Å². The van der Waals surface area contributed by atoms with Crippen LogP contribution in [0.25, 0.3) is 28.1 Å². The average molecular weight is 436 g/mol. The zero-order valence-electron chi connectivity index (χ0n) is 15.9.